The molecule has 0 aromatic rings. The Kier molecular flexibility index (Phi) is 9.72. The molecule has 0 saturated carbocycles. The van der Waals surface area contributed by atoms with Crippen molar-refractivity contribution in [2.45, 2.75) is 27.2 Å². The van der Waals surface area contributed by atoms with Crippen LogP contribution < -0.4 is 10.0 Å². The molecule has 0 amide bonds. The van der Waals surface area contributed by atoms with E-state index in [1.165, 1.54) is 0 Å². The first-order valence-corrected chi connectivity index (χ1v) is 8.11. The van der Waals surface area contributed by atoms with Gasteiger partial charge in [-0.15, -0.1) is 0 Å². The van der Waals surface area contributed by atoms with E-state index in [2.05, 4.69) is 28.8 Å². The van der Waals surface area contributed by atoms with Gasteiger partial charge in [0.2, 0.25) is 10.0 Å². The number of likely N-dealkylation sites (N-methyl/N-ethyl adjacent to an activating group) is 1. The summed E-state index contributed by atoms with van der Waals surface area (Å²) in [6.45, 7) is 10.8. The van der Waals surface area contributed by atoms with Crippen LogP contribution in [0.4, 0.5) is 0 Å². The Morgan fingerprint density at radius 2 is 1.76 bits per heavy atom. The Balaban J connectivity index is 3.77. The molecule has 0 unspecified atom stereocenters. The molecule has 2 N–H and O–H groups in total. The molecule has 0 aliphatic rings. The van der Waals surface area contributed by atoms with Crippen molar-refractivity contribution in [1.29, 1.82) is 0 Å². The van der Waals surface area contributed by atoms with E-state index >= 15 is 0 Å². The van der Waals surface area contributed by atoms with Gasteiger partial charge in [0.05, 0.1) is 5.75 Å². The molecule has 0 spiro atoms. The van der Waals surface area contributed by atoms with E-state index in [-0.39, 0.29) is 5.75 Å². The topological polar surface area (TPSA) is 61.4 Å². The molecule has 5 nitrogen and oxygen atoms in total. The van der Waals surface area contributed by atoms with Gasteiger partial charge in [-0.05, 0) is 26.1 Å². The van der Waals surface area contributed by atoms with E-state index in [4.69, 9.17) is 0 Å². The molecule has 0 aromatic carbocycles. The second-order valence-corrected chi connectivity index (χ2v) is 5.93. The van der Waals surface area contributed by atoms with E-state index in [1.807, 2.05) is 6.92 Å². The monoisotopic (exact) mass is 265 g/mol. The van der Waals surface area contributed by atoms with Crippen molar-refractivity contribution in [3.8, 4) is 0 Å². The molecule has 0 fully saturated rings. The third-order valence-electron chi connectivity index (χ3n) is 2.53. The molecule has 0 rings (SSSR count). The Bertz CT molecular complexity index is 268. The van der Waals surface area contributed by atoms with Crippen molar-refractivity contribution in [3.63, 3.8) is 0 Å². The largest absolute Gasteiger partial charge is 0.316 e. The van der Waals surface area contributed by atoms with Crippen LogP contribution in [-0.2, 0) is 10.0 Å². The lowest BCUT2D eigenvalue weighted by atomic mass is 10.4. The van der Waals surface area contributed by atoms with Crippen molar-refractivity contribution in [2.75, 3.05) is 45.0 Å². The lowest BCUT2D eigenvalue weighted by molar-refractivity contribution is 0.293. The number of rotatable bonds is 11. The highest BCUT2D eigenvalue weighted by Crippen LogP contribution is 1.90. The molecule has 6 heteroatoms. The fraction of sp³-hybridized carbons (Fsp3) is 1.00. The zero-order valence-electron chi connectivity index (χ0n) is 11.3. The quantitative estimate of drug-likeness (QED) is 0.526. The summed E-state index contributed by atoms with van der Waals surface area (Å²) in [4.78, 5) is 2.24. The maximum atomic E-state index is 11.6. The maximum Gasteiger partial charge on any atom is 0.212 e. The molecular weight excluding hydrogens is 238 g/mol. The van der Waals surface area contributed by atoms with Crippen LogP contribution in [0.3, 0.4) is 0 Å². The maximum absolute atomic E-state index is 11.6. The van der Waals surface area contributed by atoms with Crippen LogP contribution in [0, 0.1) is 0 Å². The van der Waals surface area contributed by atoms with Gasteiger partial charge in [0.1, 0.15) is 0 Å². The average molecular weight is 265 g/mol. The minimum atomic E-state index is -3.11. The highest BCUT2D eigenvalue weighted by molar-refractivity contribution is 7.89. The fourth-order valence-electron chi connectivity index (χ4n) is 1.56. The van der Waals surface area contributed by atoms with Crippen LogP contribution in [0.5, 0.6) is 0 Å². The van der Waals surface area contributed by atoms with Crippen molar-refractivity contribution in [3.05, 3.63) is 0 Å². The first-order valence-electron chi connectivity index (χ1n) is 6.46. The van der Waals surface area contributed by atoms with E-state index in [1.54, 1.807) is 0 Å². The first-order chi connectivity index (χ1) is 8.05. The van der Waals surface area contributed by atoms with Crippen molar-refractivity contribution in [2.24, 2.45) is 0 Å². The molecule has 0 heterocycles. The summed E-state index contributed by atoms with van der Waals surface area (Å²) < 4.78 is 25.8. The predicted octanol–water partition coefficient (Wildman–Crippen LogP) is 0.247. The van der Waals surface area contributed by atoms with Gasteiger partial charge in [0, 0.05) is 19.6 Å². The summed E-state index contributed by atoms with van der Waals surface area (Å²) in [5, 5.41) is 3.01. The summed E-state index contributed by atoms with van der Waals surface area (Å²) >= 11 is 0. The predicted molar refractivity (Wildman–Crippen MR) is 72.7 cm³/mol. The SMILES string of the molecule is CCCN(CC)CCNS(=O)(=O)CCNCC. The second-order valence-electron chi connectivity index (χ2n) is 4.00. The van der Waals surface area contributed by atoms with Crippen LogP contribution in [0.25, 0.3) is 0 Å². The van der Waals surface area contributed by atoms with Gasteiger partial charge in [-0.2, -0.15) is 0 Å². The van der Waals surface area contributed by atoms with E-state index in [0.29, 0.717) is 13.1 Å². The lowest BCUT2D eigenvalue weighted by Gasteiger charge is -2.19. The molecule has 0 radical (unpaired) electrons. The summed E-state index contributed by atoms with van der Waals surface area (Å²) in [5.74, 6) is 0.154. The van der Waals surface area contributed by atoms with Crippen LogP contribution in [0.1, 0.15) is 27.2 Å². The van der Waals surface area contributed by atoms with Gasteiger partial charge in [-0.1, -0.05) is 20.8 Å². The minimum absolute atomic E-state index is 0.154. The molecule has 0 aliphatic carbocycles. The van der Waals surface area contributed by atoms with Crippen LogP contribution >= 0.6 is 0 Å². The van der Waals surface area contributed by atoms with Crippen LogP contribution in [0.2, 0.25) is 0 Å². The van der Waals surface area contributed by atoms with Gasteiger partial charge >= 0.3 is 0 Å². The van der Waals surface area contributed by atoms with Gasteiger partial charge in [-0.3, -0.25) is 0 Å². The normalized spacial score (nSPS) is 12.2. The van der Waals surface area contributed by atoms with Crippen molar-refractivity contribution < 1.29 is 8.42 Å². The molecule has 104 valence electrons. The number of hydrogen-bond acceptors (Lipinski definition) is 4. The molecule has 0 atom stereocenters. The number of nitrogens with zero attached hydrogens (tertiary/aromatic N) is 1. The van der Waals surface area contributed by atoms with E-state index in [9.17, 15) is 8.42 Å². The molecule has 17 heavy (non-hydrogen) atoms. The second kappa shape index (κ2) is 9.82. The standard InChI is InChI=1S/C11H27N3O2S/c1-4-9-14(6-3)10-7-13-17(15,16)11-8-12-5-2/h12-13H,4-11H2,1-3H3. The van der Waals surface area contributed by atoms with Gasteiger partial charge in [0.25, 0.3) is 0 Å². The summed E-state index contributed by atoms with van der Waals surface area (Å²) in [6.07, 6.45) is 1.10. The highest BCUT2D eigenvalue weighted by Gasteiger charge is 2.09. The Hall–Kier alpha value is -0.170. The Labute approximate surface area is 106 Å². The van der Waals surface area contributed by atoms with Gasteiger partial charge in [-0.25, -0.2) is 13.1 Å². The third kappa shape index (κ3) is 9.52. The smallest absolute Gasteiger partial charge is 0.212 e. The van der Waals surface area contributed by atoms with E-state index < -0.39 is 10.0 Å². The van der Waals surface area contributed by atoms with Gasteiger partial charge in [0.15, 0.2) is 0 Å². The van der Waals surface area contributed by atoms with Crippen LogP contribution in [0.15, 0.2) is 0 Å². The number of sulfonamides is 1. The zero-order chi connectivity index (χ0) is 13.1. The zero-order valence-corrected chi connectivity index (χ0v) is 12.1. The molecular formula is C11H27N3O2S. The summed E-state index contributed by atoms with van der Waals surface area (Å²) in [6, 6.07) is 0. The average Bonchev–Trinajstić information content (AvgIpc) is 2.28. The molecule has 0 aliphatic heterocycles. The number of hydrogen-bond donors (Lipinski definition) is 2. The molecule has 0 aromatic heterocycles. The third-order valence-corrected chi connectivity index (χ3v) is 3.92. The Morgan fingerprint density at radius 1 is 1.06 bits per heavy atom. The van der Waals surface area contributed by atoms with Crippen LogP contribution in [-0.4, -0.2) is 58.3 Å². The number of nitrogens with one attached hydrogen (secondary N) is 2. The molecule has 0 saturated heterocycles. The van der Waals surface area contributed by atoms with Crippen molar-refractivity contribution >= 4 is 10.0 Å². The summed E-state index contributed by atoms with van der Waals surface area (Å²) in [7, 11) is -3.11. The Morgan fingerprint density at radius 3 is 2.29 bits per heavy atom. The lowest BCUT2D eigenvalue weighted by Crippen LogP contribution is -2.38. The minimum Gasteiger partial charge on any atom is -0.316 e. The summed E-state index contributed by atoms with van der Waals surface area (Å²) in [5.41, 5.74) is 0. The van der Waals surface area contributed by atoms with E-state index in [0.717, 1.165) is 32.6 Å². The highest BCUT2D eigenvalue weighted by atomic mass is 32.2. The van der Waals surface area contributed by atoms with Crippen molar-refractivity contribution in [1.82, 2.24) is 14.9 Å². The molecule has 0 bridgehead atoms. The first kappa shape index (κ1) is 16.8. The van der Waals surface area contributed by atoms with Gasteiger partial charge < -0.3 is 10.2 Å². The fourth-order valence-corrected chi connectivity index (χ4v) is 2.52.